The average molecular weight is 386 g/mol. The summed E-state index contributed by atoms with van der Waals surface area (Å²) < 4.78 is 13.5. The van der Waals surface area contributed by atoms with Crippen LogP contribution in [0.15, 0.2) is 40.9 Å². The van der Waals surface area contributed by atoms with Gasteiger partial charge in [-0.3, -0.25) is 4.79 Å². The van der Waals surface area contributed by atoms with E-state index in [2.05, 4.69) is 16.5 Å². The lowest BCUT2D eigenvalue weighted by Gasteiger charge is -2.11. The van der Waals surface area contributed by atoms with E-state index in [-0.39, 0.29) is 0 Å². The van der Waals surface area contributed by atoms with Gasteiger partial charge in [0.15, 0.2) is 11.9 Å². The quantitative estimate of drug-likeness (QED) is 0.519. The van der Waals surface area contributed by atoms with Gasteiger partial charge >= 0.3 is 5.97 Å². The first-order chi connectivity index (χ1) is 12.5. The summed E-state index contributed by atoms with van der Waals surface area (Å²) in [5, 5.41) is 7.36. The maximum atomic E-state index is 12.4. The van der Waals surface area contributed by atoms with Gasteiger partial charge in [0, 0.05) is 20.9 Å². The maximum Gasteiger partial charge on any atom is 0.349 e. The van der Waals surface area contributed by atoms with Crippen LogP contribution in [0.3, 0.4) is 0 Å². The van der Waals surface area contributed by atoms with E-state index in [9.17, 15) is 9.59 Å². The lowest BCUT2D eigenvalue weighted by atomic mass is 10.2. The summed E-state index contributed by atoms with van der Waals surface area (Å²) in [5.74, 6) is -0.105. The van der Waals surface area contributed by atoms with Crippen molar-refractivity contribution in [2.75, 3.05) is 5.32 Å². The van der Waals surface area contributed by atoms with Crippen LogP contribution in [0.25, 0.3) is 19.5 Å². The first kappa shape index (κ1) is 16.7. The number of aromatic nitrogens is 1. The largest absolute Gasteiger partial charge is 0.448 e. The number of aryl methyl sites for hydroxylation is 1. The van der Waals surface area contributed by atoms with Crippen LogP contribution >= 0.6 is 22.7 Å². The van der Waals surface area contributed by atoms with E-state index >= 15 is 0 Å². The Balaban J connectivity index is 1.48. The highest BCUT2D eigenvalue weighted by Gasteiger charge is 2.22. The number of hydrogen-bond acceptors (Lipinski definition) is 7. The molecule has 8 heteroatoms. The smallest absolute Gasteiger partial charge is 0.349 e. The Labute approximate surface area is 156 Å². The Hall–Kier alpha value is -2.71. The zero-order valence-electron chi connectivity index (χ0n) is 13.9. The predicted molar refractivity (Wildman–Crippen MR) is 102 cm³/mol. The molecule has 0 fully saturated rings. The van der Waals surface area contributed by atoms with Crippen molar-refractivity contribution in [1.82, 2.24) is 5.16 Å². The molecular formula is C18H14N2O4S2. The van der Waals surface area contributed by atoms with E-state index in [0.29, 0.717) is 16.5 Å². The number of esters is 1. The highest BCUT2D eigenvalue weighted by molar-refractivity contribution is 7.33. The number of anilines is 1. The van der Waals surface area contributed by atoms with E-state index < -0.39 is 18.0 Å². The van der Waals surface area contributed by atoms with Crippen LogP contribution in [-0.4, -0.2) is 23.1 Å². The molecule has 0 saturated heterocycles. The monoisotopic (exact) mass is 386 g/mol. The molecule has 3 aromatic heterocycles. The van der Waals surface area contributed by atoms with Crippen molar-refractivity contribution >= 4 is 59.9 Å². The van der Waals surface area contributed by atoms with E-state index in [1.54, 1.807) is 24.3 Å². The van der Waals surface area contributed by atoms with Gasteiger partial charge in [-0.25, -0.2) is 4.79 Å². The molecule has 0 aliphatic carbocycles. The van der Waals surface area contributed by atoms with E-state index in [0.717, 1.165) is 14.8 Å². The summed E-state index contributed by atoms with van der Waals surface area (Å²) in [6, 6.07) is 11.5. The fourth-order valence-electron chi connectivity index (χ4n) is 2.53. The molecule has 132 valence electrons. The first-order valence-corrected chi connectivity index (χ1v) is 9.51. The zero-order chi connectivity index (χ0) is 18.3. The van der Waals surface area contributed by atoms with Gasteiger partial charge in [0.25, 0.3) is 5.91 Å². The molecule has 1 unspecified atom stereocenters. The number of carbonyl (C=O) groups is 2. The van der Waals surface area contributed by atoms with Gasteiger partial charge in [-0.2, -0.15) is 0 Å². The number of nitrogens with one attached hydrogen (secondary N) is 1. The lowest BCUT2D eigenvalue weighted by molar-refractivity contribution is -0.123. The molecule has 4 aromatic rings. The predicted octanol–water partition coefficient (Wildman–Crippen LogP) is 4.60. The normalized spacial score (nSPS) is 12.4. The molecule has 3 heterocycles. The number of rotatable bonds is 4. The van der Waals surface area contributed by atoms with Crippen molar-refractivity contribution in [1.29, 1.82) is 0 Å². The molecule has 0 radical (unpaired) electrons. The van der Waals surface area contributed by atoms with E-state index in [1.807, 2.05) is 24.3 Å². The van der Waals surface area contributed by atoms with Crippen LogP contribution in [-0.2, 0) is 9.53 Å². The Morgan fingerprint density at radius 1 is 1.19 bits per heavy atom. The molecule has 1 N–H and O–H groups in total. The van der Waals surface area contributed by atoms with Crippen molar-refractivity contribution in [3.05, 3.63) is 47.0 Å². The highest BCUT2D eigenvalue weighted by Crippen LogP contribution is 2.39. The highest BCUT2D eigenvalue weighted by atomic mass is 32.1. The number of amides is 1. The van der Waals surface area contributed by atoms with Gasteiger partial charge in [0.05, 0.1) is 4.70 Å². The second-order valence-corrected chi connectivity index (χ2v) is 7.90. The average Bonchev–Trinajstić information content (AvgIpc) is 3.28. The van der Waals surface area contributed by atoms with Crippen LogP contribution in [0, 0.1) is 6.92 Å². The van der Waals surface area contributed by atoms with Crippen molar-refractivity contribution in [2.24, 2.45) is 0 Å². The molecule has 1 aromatic carbocycles. The Kier molecular flexibility index (Phi) is 4.21. The van der Waals surface area contributed by atoms with Crippen molar-refractivity contribution < 1.29 is 18.8 Å². The molecule has 0 aliphatic rings. The van der Waals surface area contributed by atoms with Crippen molar-refractivity contribution in [3.63, 3.8) is 0 Å². The second-order valence-electron chi connectivity index (χ2n) is 5.76. The Bertz CT molecular complexity index is 1120. The first-order valence-electron chi connectivity index (χ1n) is 7.87. The maximum absolute atomic E-state index is 12.4. The van der Waals surface area contributed by atoms with Crippen LogP contribution < -0.4 is 5.32 Å². The number of hydrogen-bond donors (Lipinski definition) is 1. The minimum Gasteiger partial charge on any atom is -0.448 e. The summed E-state index contributed by atoms with van der Waals surface area (Å²) >= 11 is 3.01. The fourth-order valence-corrected chi connectivity index (χ4v) is 4.93. The molecule has 0 bridgehead atoms. The molecule has 6 nitrogen and oxygen atoms in total. The zero-order valence-corrected chi connectivity index (χ0v) is 15.6. The van der Waals surface area contributed by atoms with Gasteiger partial charge in [0.2, 0.25) is 0 Å². The third-order valence-electron chi connectivity index (χ3n) is 3.78. The van der Waals surface area contributed by atoms with E-state index in [4.69, 9.17) is 9.26 Å². The van der Waals surface area contributed by atoms with Crippen LogP contribution in [0.5, 0.6) is 0 Å². The minimum absolute atomic E-state index is 0.290. The third kappa shape index (κ3) is 3.09. The van der Waals surface area contributed by atoms with Gasteiger partial charge in [-0.05, 0) is 26.0 Å². The fraction of sp³-hybridized carbons (Fsp3) is 0.167. The number of nitrogens with zero attached hydrogens (tertiary/aromatic N) is 1. The molecule has 1 amide bonds. The molecule has 0 saturated carbocycles. The molecule has 4 rings (SSSR count). The van der Waals surface area contributed by atoms with Gasteiger partial charge in [-0.15, -0.1) is 22.7 Å². The van der Waals surface area contributed by atoms with Crippen LogP contribution in [0.1, 0.15) is 22.4 Å². The van der Waals surface area contributed by atoms with Crippen molar-refractivity contribution in [3.8, 4) is 0 Å². The topological polar surface area (TPSA) is 81.4 Å². The number of carbonyl (C=O) groups excluding carboxylic acids is 2. The number of benzene rings is 1. The third-order valence-corrected chi connectivity index (χ3v) is 6.18. The van der Waals surface area contributed by atoms with Gasteiger partial charge in [-0.1, -0.05) is 23.4 Å². The minimum atomic E-state index is -0.948. The standard InChI is InChI=1S/C18H14N2O4S2/c1-9-7-15(20-24-9)19-17(21)10(2)23-18(22)14-8-13-16(26-14)11-5-3-4-6-12(11)25-13/h3-8,10H,1-2H3,(H,19,20,21). The number of thiophene rings is 2. The summed E-state index contributed by atoms with van der Waals surface area (Å²) in [7, 11) is 0. The summed E-state index contributed by atoms with van der Waals surface area (Å²) in [6.45, 7) is 3.24. The van der Waals surface area contributed by atoms with E-state index in [1.165, 1.54) is 23.0 Å². The molecule has 0 aliphatic heterocycles. The molecule has 0 spiro atoms. The number of ether oxygens (including phenoxy) is 1. The summed E-state index contributed by atoms with van der Waals surface area (Å²) in [5.41, 5.74) is 0. The number of fused-ring (bicyclic) bond motifs is 3. The summed E-state index contributed by atoms with van der Waals surface area (Å²) in [6.07, 6.45) is -0.948. The van der Waals surface area contributed by atoms with Gasteiger partial charge < -0.3 is 14.6 Å². The Morgan fingerprint density at radius 3 is 2.77 bits per heavy atom. The lowest BCUT2D eigenvalue weighted by Crippen LogP contribution is -2.29. The second kappa shape index (κ2) is 6.54. The van der Waals surface area contributed by atoms with Crippen LogP contribution in [0.4, 0.5) is 5.82 Å². The molecule has 1 atom stereocenters. The van der Waals surface area contributed by atoms with Gasteiger partial charge in [0.1, 0.15) is 10.6 Å². The Morgan fingerprint density at radius 2 is 2.00 bits per heavy atom. The summed E-state index contributed by atoms with van der Waals surface area (Å²) in [4.78, 5) is 25.0. The van der Waals surface area contributed by atoms with Crippen molar-refractivity contribution in [2.45, 2.75) is 20.0 Å². The SMILES string of the molecule is Cc1cc(NC(=O)C(C)OC(=O)c2cc3sc4ccccc4c3s2)no1. The molecular weight excluding hydrogens is 372 g/mol. The molecule has 26 heavy (non-hydrogen) atoms. The van der Waals surface area contributed by atoms with Crippen LogP contribution in [0.2, 0.25) is 0 Å².